The smallest absolute Gasteiger partial charge is 0.317 e. The second-order valence-corrected chi connectivity index (χ2v) is 7.51. The molecule has 0 unspecified atom stereocenters. The molecule has 0 bridgehead atoms. The summed E-state index contributed by atoms with van der Waals surface area (Å²) in [5.41, 5.74) is 1.66. The molecule has 2 N–H and O–H groups in total. The molecule has 2 saturated carbocycles. The summed E-state index contributed by atoms with van der Waals surface area (Å²) in [6.07, 6.45) is 4.09. The number of nitrogens with zero attached hydrogens (tertiary/aromatic N) is 2. The highest BCUT2D eigenvalue weighted by molar-refractivity contribution is 5.95. The highest BCUT2D eigenvalue weighted by Gasteiger charge is 2.37. The van der Waals surface area contributed by atoms with Gasteiger partial charge in [-0.1, -0.05) is 6.07 Å². The molecule has 0 radical (unpaired) electrons. The average molecular weight is 345 g/mol. The number of benzene rings is 1. The predicted octanol–water partition coefficient (Wildman–Crippen LogP) is 1.81. The molecule has 1 aromatic carbocycles. The third kappa shape index (κ3) is 4.72. The molecule has 25 heavy (non-hydrogen) atoms. The van der Waals surface area contributed by atoms with Gasteiger partial charge in [0, 0.05) is 44.0 Å². The van der Waals surface area contributed by atoms with Crippen molar-refractivity contribution in [1.29, 1.82) is 0 Å². The zero-order chi connectivity index (χ0) is 18.0. The van der Waals surface area contributed by atoms with Crippen molar-refractivity contribution in [2.75, 3.05) is 32.1 Å². The molecule has 0 atom stereocenters. The van der Waals surface area contributed by atoms with Crippen LogP contribution in [0.4, 0.5) is 5.69 Å². The first-order valence-corrected chi connectivity index (χ1v) is 8.96. The van der Waals surface area contributed by atoms with Gasteiger partial charge in [-0.15, -0.1) is 0 Å². The number of carbonyl (C=O) groups excluding carboxylic acids is 1. The molecule has 2 aliphatic rings. The molecule has 3 rings (SSSR count). The van der Waals surface area contributed by atoms with E-state index in [9.17, 15) is 9.59 Å². The summed E-state index contributed by atoms with van der Waals surface area (Å²) in [6, 6.07) is 7.97. The molecule has 0 heterocycles. The number of carboxylic acids is 1. The zero-order valence-electron chi connectivity index (χ0n) is 14.9. The monoisotopic (exact) mass is 345 g/mol. The Hall–Kier alpha value is -2.08. The molecule has 136 valence electrons. The van der Waals surface area contributed by atoms with E-state index in [4.69, 9.17) is 5.11 Å². The maximum atomic E-state index is 12.4. The quantitative estimate of drug-likeness (QED) is 0.752. The summed E-state index contributed by atoms with van der Waals surface area (Å²) in [6.45, 7) is 0.981. The Morgan fingerprint density at radius 2 is 1.96 bits per heavy atom. The standard InChI is InChI=1S/C19H27N3O3/c1-21(2)16-5-3-4-14(8-16)19(25)20-15-9-17(10-15)22(12-18(23)24)11-13-6-7-13/h3-5,8,13,15,17H,6-7,9-12H2,1-2H3,(H,20,25)(H,23,24). The van der Waals surface area contributed by atoms with E-state index in [1.807, 2.05) is 43.3 Å². The molecule has 2 aliphatic carbocycles. The first-order chi connectivity index (χ1) is 11.9. The lowest BCUT2D eigenvalue weighted by Gasteiger charge is -2.42. The Kier molecular flexibility index (Phi) is 5.27. The van der Waals surface area contributed by atoms with Gasteiger partial charge in [-0.3, -0.25) is 14.5 Å². The fourth-order valence-electron chi connectivity index (χ4n) is 3.35. The van der Waals surface area contributed by atoms with E-state index in [2.05, 4.69) is 10.2 Å². The minimum atomic E-state index is -0.770. The lowest BCUT2D eigenvalue weighted by atomic mass is 9.85. The second-order valence-electron chi connectivity index (χ2n) is 7.51. The molecule has 0 aliphatic heterocycles. The molecular weight excluding hydrogens is 318 g/mol. The van der Waals surface area contributed by atoms with Gasteiger partial charge in [-0.2, -0.15) is 0 Å². The van der Waals surface area contributed by atoms with Crippen molar-refractivity contribution < 1.29 is 14.7 Å². The Bertz CT molecular complexity index is 637. The Balaban J connectivity index is 1.51. The predicted molar refractivity (Wildman–Crippen MR) is 97.0 cm³/mol. The number of nitrogens with one attached hydrogen (secondary N) is 1. The Morgan fingerprint density at radius 1 is 1.24 bits per heavy atom. The highest BCUT2D eigenvalue weighted by atomic mass is 16.4. The van der Waals surface area contributed by atoms with Gasteiger partial charge in [0.2, 0.25) is 0 Å². The fraction of sp³-hybridized carbons (Fsp3) is 0.579. The van der Waals surface area contributed by atoms with Gasteiger partial charge in [0.05, 0.1) is 6.54 Å². The lowest BCUT2D eigenvalue weighted by molar-refractivity contribution is -0.139. The minimum Gasteiger partial charge on any atom is -0.480 e. The molecule has 2 fully saturated rings. The number of carbonyl (C=O) groups is 2. The van der Waals surface area contributed by atoms with Crippen LogP contribution >= 0.6 is 0 Å². The molecule has 0 saturated heterocycles. The van der Waals surface area contributed by atoms with Crippen molar-refractivity contribution in [3.05, 3.63) is 29.8 Å². The van der Waals surface area contributed by atoms with Crippen LogP contribution in [-0.2, 0) is 4.79 Å². The summed E-state index contributed by atoms with van der Waals surface area (Å²) < 4.78 is 0. The van der Waals surface area contributed by atoms with Crippen LogP contribution in [0.5, 0.6) is 0 Å². The number of rotatable bonds is 8. The van der Waals surface area contributed by atoms with Gasteiger partial charge in [-0.25, -0.2) is 0 Å². The average Bonchev–Trinajstić information content (AvgIpc) is 3.33. The number of amides is 1. The van der Waals surface area contributed by atoms with E-state index < -0.39 is 5.97 Å². The minimum absolute atomic E-state index is 0.0564. The normalized spacial score (nSPS) is 22.4. The van der Waals surface area contributed by atoms with Gasteiger partial charge in [-0.05, 0) is 49.8 Å². The molecule has 0 aromatic heterocycles. The molecule has 6 heteroatoms. The largest absolute Gasteiger partial charge is 0.480 e. The van der Waals surface area contributed by atoms with Crippen LogP contribution < -0.4 is 10.2 Å². The summed E-state index contributed by atoms with van der Waals surface area (Å²) in [7, 11) is 3.90. The van der Waals surface area contributed by atoms with Crippen LogP contribution in [0.1, 0.15) is 36.0 Å². The number of hydrogen-bond acceptors (Lipinski definition) is 4. The van der Waals surface area contributed by atoms with Crippen LogP contribution in [0.15, 0.2) is 24.3 Å². The van der Waals surface area contributed by atoms with Crippen LogP contribution in [0.2, 0.25) is 0 Å². The van der Waals surface area contributed by atoms with E-state index in [1.165, 1.54) is 12.8 Å². The number of carboxylic acid groups (broad SMARTS) is 1. The molecule has 1 amide bonds. The van der Waals surface area contributed by atoms with Crippen molar-refractivity contribution in [2.24, 2.45) is 5.92 Å². The molecule has 6 nitrogen and oxygen atoms in total. The third-order valence-electron chi connectivity index (χ3n) is 5.12. The Labute approximate surface area is 148 Å². The van der Waals surface area contributed by atoms with Crippen molar-refractivity contribution in [3.63, 3.8) is 0 Å². The first kappa shape index (κ1) is 17.7. The SMILES string of the molecule is CN(C)c1cccc(C(=O)NC2CC(N(CC(=O)O)CC3CC3)C2)c1. The van der Waals surface area contributed by atoms with Gasteiger partial charge in [0.15, 0.2) is 0 Å². The maximum absolute atomic E-state index is 12.4. The van der Waals surface area contributed by atoms with Crippen molar-refractivity contribution in [3.8, 4) is 0 Å². The van der Waals surface area contributed by atoms with Crippen LogP contribution in [0.25, 0.3) is 0 Å². The van der Waals surface area contributed by atoms with Crippen LogP contribution in [0.3, 0.4) is 0 Å². The van der Waals surface area contributed by atoms with Crippen LogP contribution in [0, 0.1) is 5.92 Å². The fourth-order valence-corrected chi connectivity index (χ4v) is 3.35. The molecule has 0 spiro atoms. The van der Waals surface area contributed by atoms with Gasteiger partial charge >= 0.3 is 5.97 Å². The van der Waals surface area contributed by atoms with E-state index in [0.29, 0.717) is 11.5 Å². The highest BCUT2D eigenvalue weighted by Crippen LogP contribution is 2.33. The van der Waals surface area contributed by atoms with Gasteiger partial charge < -0.3 is 15.3 Å². The van der Waals surface area contributed by atoms with Gasteiger partial charge in [0.1, 0.15) is 0 Å². The molecule has 1 aromatic rings. The first-order valence-electron chi connectivity index (χ1n) is 8.96. The number of anilines is 1. The summed E-state index contributed by atoms with van der Waals surface area (Å²) in [5, 5.41) is 12.2. The van der Waals surface area contributed by atoms with Crippen molar-refractivity contribution >= 4 is 17.6 Å². The molecular formula is C19H27N3O3. The Morgan fingerprint density at radius 3 is 2.56 bits per heavy atom. The maximum Gasteiger partial charge on any atom is 0.317 e. The van der Waals surface area contributed by atoms with Crippen molar-refractivity contribution in [2.45, 2.75) is 37.8 Å². The van der Waals surface area contributed by atoms with E-state index >= 15 is 0 Å². The topological polar surface area (TPSA) is 72.9 Å². The summed E-state index contributed by atoms with van der Waals surface area (Å²) in [4.78, 5) is 27.5. The number of hydrogen-bond donors (Lipinski definition) is 2. The van der Waals surface area contributed by atoms with E-state index in [1.54, 1.807) is 0 Å². The van der Waals surface area contributed by atoms with E-state index in [-0.39, 0.29) is 24.5 Å². The second kappa shape index (κ2) is 7.44. The third-order valence-corrected chi connectivity index (χ3v) is 5.12. The zero-order valence-corrected chi connectivity index (χ0v) is 14.9. The summed E-state index contributed by atoms with van der Waals surface area (Å²) in [5.74, 6) is -0.158. The van der Waals surface area contributed by atoms with Gasteiger partial charge in [0.25, 0.3) is 5.91 Å². The number of aliphatic carboxylic acids is 1. The summed E-state index contributed by atoms with van der Waals surface area (Å²) >= 11 is 0. The lowest BCUT2D eigenvalue weighted by Crippen LogP contribution is -2.55. The van der Waals surface area contributed by atoms with Crippen LogP contribution in [-0.4, -0.2) is 61.2 Å². The van der Waals surface area contributed by atoms with Crippen molar-refractivity contribution in [1.82, 2.24) is 10.2 Å². The van der Waals surface area contributed by atoms with E-state index in [0.717, 1.165) is 25.1 Å².